The van der Waals surface area contributed by atoms with Gasteiger partial charge < -0.3 is 24.4 Å². The first kappa shape index (κ1) is 23.1. The van der Waals surface area contributed by atoms with Crippen LogP contribution in [0.25, 0.3) is 0 Å². The van der Waals surface area contributed by atoms with Crippen LogP contribution in [-0.2, 0) is 19.1 Å². The summed E-state index contributed by atoms with van der Waals surface area (Å²) in [5.41, 5.74) is 0.205. The quantitative estimate of drug-likeness (QED) is 0.340. The van der Waals surface area contributed by atoms with Gasteiger partial charge in [0.15, 0.2) is 19.0 Å². The molecule has 2 amide bonds. The van der Waals surface area contributed by atoms with Crippen molar-refractivity contribution in [3.63, 3.8) is 0 Å². The van der Waals surface area contributed by atoms with Crippen LogP contribution in [-0.4, -0.2) is 61.5 Å². The van der Waals surface area contributed by atoms with Gasteiger partial charge in [-0.05, 0) is 18.2 Å². The van der Waals surface area contributed by atoms with E-state index in [1.807, 2.05) is 0 Å². The maximum absolute atomic E-state index is 12.1. The van der Waals surface area contributed by atoms with Crippen molar-refractivity contribution in [2.75, 3.05) is 39.2 Å². The number of nitro benzene ring substituents is 1. The van der Waals surface area contributed by atoms with Crippen molar-refractivity contribution in [1.29, 1.82) is 0 Å². The van der Waals surface area contributed by atoms with Crippen LogP contribution < -0.4 is 14.8 Å². The van der Waals surface area contributed by atoms with Crippen molar-refractivity contribution in [1.82, 2.24) is 4.90 Å². The maximum atomic E-state index is 12.1. The van der Waals surface area contributed by atoms with E-state index in [9.17, 15) is 24.5 Å². The molecule has 0 saturated carbocycles. The van der Waals surface area contributed by atoms with Crippen molar-refractivity contribution >= 4 is 29.2 Å². The summed E-state index contributed by atoms with van der Waals surface area (Å²) >= 11 is 0. The molecule has 0 aromatic heterocycles. The summed E-state index contributed by atoms with van der Waals surface area (Å²) in [6.07, 6.45) is 0. The lowest BCUT2D eigenvalue weighted by Crippen LogP contribution is -2.37. The number of amides is 2. The number of carbonyl (C=O) groups is 3. The van der Waals surface area contributed by atoms with Crippen LogP contribution >= 0.6 is 0 Å². The van der Waals surface area contributed by atoms with Crippen molar-refractivity contribution < 1.29 is 33.5 Å². The SMILES string of the molecule is COc1cccc(NC(=O)CN(C)C(=O)COC(=O)COc2ccccc2[N+](=O)[O-])c1. The number of methoxy groups -OCH3 is 1. The molecular formula is C20H21N3O8. The molecule has 11 heteroatoms. The second kappa shape index (κ2) is 11.1. The second-order valence-corrected chi connectivity index (χ2v) is 6.20. The molecule has 0 aliphatic heterocycles. The molecule has 0 fully saturated rings. The summed E-state index contributed by atoms with van der Waals surface area (Å²) in [6.45, 7) is -1.49. The van der Waals surface area contributed by atoms with Gasteiger partial charge in [0, 0.05) is 24.9 Å². The molecule has 31 heavy (non-hydrogen) atoms. The zero-order valence-corrected chi connectivity index (χ0v) is 16.9. The standard InChI is InChI=1S/C20H21N3O8/c1-22(11-18(24)21-14-6-5-7-15(10-14)29-2)19(25)12-31-20(26)13-30-17-9-4-3-8-16(17)23(27)28/h3-10H,11-13H2,1-2H3,(H,21,24). The third kappa shape index (κ3) is 7.31. The van der Waals surface area contributed by atoms with E-state index in [-0.39, 0.29) is 18.0 Å². The Hall–Kier alpha value is -4.15. The molecule has 0 spiro atoms. The molecule has 0 saturated heterocycles. The van der Waals surface area contributed by atoms with E-state index in [4.69, 9.17) is 14.2 Å². The Labute approximate surface area is 177 Å². The van der Waals surface area contributed by atoms with Crippen LogP contribution in [0.3, 0.4) is 0 Å². The highest BCUT2D eigenvalue weighted by atomic mass is 16.6. The Morgan fingerprint density at radius 3 is 2.55 bits per heavy atom. The second-order valence-electron chi connectivity index (χ2n) is 6.20. The van der Waals surface area contributed by atoms with Gasteiger partial charge in [0.25, 0.3) is 5.91 Å². The molecule has 11 nitrogen and oxygen atoms in total. The minimum Gasteiger partial charge on any atom is -0.497 e. The van der Waals surface area contributed by atoms with Gasteiger partial charge in [-0.25, -0.2) is 4.79 Å². The Bertz CT molecular complexity index is 963. The Kier molecular flexibility index (Phi) is 8.31. The molecule has 164 valence electrons. The molecule has 0 radical (unpaired) electrons. The molecule has 0 bridgehead atoms. The fraction of sp³-hybridized carbons (Fsp3) is 0.250. The largest absolute Gasteiger partial charge is 0.497 e. The minimum absolute atomic E-state index is 0.0953. The minimum atomic E-state index is -0.888. The molecular weight excluding hydrogens is 410 g/mol. The number of anilines is 1. The fourth-order valence-electron chi connectivity index (χ4n) is 2.37. The first-order valence-corrected chi connectivity index (χ1v) is 9.00. The number of rotatable bonds is 10. The normalized spacial score (nSPS) is 10.0. The number of nitro groups is 1. The van der Waals surface area contributed by atoms with Crippen LogP contribution in [0, 0.1) is 10.1 Å². The summed E-state index contributed by atoms with van der Waals surface area (Å²) in [5.74, 6) is -1.48. The Morgan fingerprint density at radius 1 is 1.10 bits per heavy atom. The third-order valence-corrected chi connectivity index (χ3v) is 3.92. The van der Waals surface area contributed by atoms with Crippen LogP contribution in [0.1, 0.15) is 0 Å². The van der Waals surface area contributed by atoms with Crippen LogP contribution in [0.5, 0.6) is 11.5 Å². The van der Waals surface area contributed by atoms with E-state index in [2.05, 4.69) is 5.32 Å². The highest BCUT2D eigenvalue weighted by Gasteiger charge is 2.18. The van der Waals surface area contributed by atoms with Crippen LogP contribution in [0.15, 0.2) is 48.5 Å². The van der Waals surface area contributed by atoms with Gasteiger partial charge >= 0.3 is 11.7 Å². The van der Waals surface area contributed by atoms with Crippen molar-refractivity contribution in [2.45, 2.75) is 0 Å². The smallest absolute Gasteiger partial charge is 0.344 e. The maximum Gasteiger partial charge on any atom is 0.344 e. The van der Waals surface area contributed by atoms with Crippen LogP contribution in [0.4, 0.5) is 11.4 Å². The van der Waals surface area contributed by atoms with E-state index in [1.54, 1.807) is 24.3 Å². The van der Waals surface area contributed by atoms with Crippen LogP contribution in [0.2, 0.25) is 0 Å². The summed E-state index contributed by atoms with van der Waals surface area (Å²) in [6, 6.07) is 12.3. The lowest BCUT2D eigenvalue weighted by Gasteiger charge is -2.17. The topological polar surface area (TPSA) is 137 Å². The van der Waals surface area contributed by atoms with E-state index >= 15 is 0 Å². The van der Waals surface area contributed by atoms with Gasteiger partial charge in [-0.1, -0.05) is 18.2 Å². The third-order valence-electron chi connectivity index (χ3n) is 3.92. The molecule has 0 aliphatic rings. The Balaban J connectivity index is 1.76. The first-order valence-electron chi connectivity index (χ1n) is 9.00. The van der Waals surface area contributed by atoms with Crippen molar-refractivity contribution in [3.05, 3.63) is 58.6 Å². The number of esters is 1. The molecule has 0 aliphatic carbocycles. The lowest BCUT2D eigenvalue weighted by molar-refractivity contribution is -0.385. The summed E-state index contributed by atoms with van der Waals surface area (Å²) in [4.78, 5) is 47.3. The number of nitrogens with one attached hydrogen (secondary N) is 1. The van der Waals surface area contributed by atoms with E-state index in [0.717, 1.165) is 4.90 Å². The van der Waals surface area contributed by atoms with Crippen molar-refractivity contribution in [2.24, 2.45) is 0 Å². The van der Waals surface area contributed by atoms with E-state index in [0.29, 0.717) is 11.4 Å². The molecule has 0 atom stereocenters. The van der Waals surface area contributed by atoms with Gasteiger partial charge in [0.2, 0.25) is 5.91 Å². The van der Waals surface area contributed by atoms with E-state index in [1.165, 1.54) is 38.4 Å². The number of hydrogen-bond acceptors (Lipinski definition) is 8. The highest BCUT2D eigenvalue weighted by Crippen LogP contribution is 2.25. The number of benzene rings is 2. The van der Waals surface area contributed by atoms with Gasteiger partial charge in [0.1, 0.15) is 5.75 Å². The monoisotopic (exact) mass is 431 g/mol. The van der Waals surface area contributed by atoms with Crippen molar-refractivity contribution in [3.8, 4) is 11.5 Å². The summed E-state index contributed by atoms with van der Waals surface area (Å²) < 4.78 is 15.0. The van der Waals surface area contributed by atoms with E-state index < -0.39 is 35.9 Å². The molecule has 2 aromatic rings. The van der Waals surface area contributed by atoms with Gasteiger partial charge in [-0.3, -0.25) is 19.7 Å². The van der Waals surface area contributed by atoms with Gasteiger partial charge in [-0.2, -0.15) is 0 Å². The molecule has 0 unspecified atom stereocenters. The number of ether oxygens (including phenoxy) is 3. The first-order chi connectivity index (χ1) is 14.8. The zero-order valence-electron chi connectivity index (χ0n) is 16.9. The van der Waals surface area contributed by atoms with Gasteiger partial charge in [0.05, 0.1) is 18.6 Å². The van der Waals surface area contributed by atoms with Gasteiger partial charge in [-0.15, -0.1) is 0 Å². The number of likely N-dealkylation sites (N-methyl/N-ethyl adjacent to an activating group) is 1. The lowest BCUT2D eigenvalue weighted by atomic mass is 10.3. The average Bonchev–Trinajstić information content (AvgIpc) is 2.76. The number of carbonyl (C=O) groups excluding carboxylic acids is 3. The Morgan fingerprint density at radius 2 is 1.84 bits per heavy atom. The molecule has 2 aromatic carbocycles. The summed E-state index contributed by atoms with van der Waals surface area (Å²) in [7, 11) is 2.88. The fourth-order valence-corrected chi connectivity index (χ4v) is 2.37. The number of para-hydroxylation sites is 2. The zero-order chi connectivity index (χ0) is 22.8. The average molecular weight is 431 g/mol. The predicted octanol–water partition coefficient (Wildman–Crippen LogP) is 1.62. The molecule has 1 N–H and O–H groups in total. The molecule has 0 heterocycles. The summed E-state index contributed by atoms with van der Waals surface area (Å²) in [5, 5.41) is 13.5. The molecule has 2 rings (SSSR count). The highest BCUT2D eigenvalue weighted by molar-refractivity contribution is 5.95. The number of hydrogen-bond donors (Lipinski definition) is 1. The number of nitrogens with zero attached hydrogens (tertiary/aromatic N) is 2. The predicted molar refractivity (Wildman–Crippen MR) is 109 cm³/mol.